The molecule has 1 saturated heterocycles. The fourth-order valence-corrected chi connectivity index (χ4v) is 4.88. The summed E-state index contributed by atoms with van der Waals surface area (Å²) in [4.78, 5) is 72.2. The molecule has 222 valence electrons. The summed E-state index contributed by atoms with van der Waals surface area (Å²) >= 11 is 2.35. The van der Waals surface area contributed by atoms with E-state index < -0.39 is 35.9 Å². The minimum atomic E-state index is -1.22. The number of thioether (sulfide) groups is 2. The molecular formula is C25H42N4O8S2. The maximum absolute atomic E-state index is 13.3. The number of carboxylic acids is 1. The predicted molar refractivity (Wildman–Crippen MR) is 150 cm³/mol. The second kappa shape index (κ2) is 19.8. The van der Waals surface area contributed by atoms with Gasteiger partial charge in [-0.3, -0.25) is 28.8 Å². The maximum atomic E-state index is 13.3. The van der Waals surface area contributed by atoms with Crippen LogP contribution < -0.4 is 21.3 Å². The number of amides is 3. The van der Waals surface area contributed by atoms with Gasteiger partial charge in [0.2, 0.25) is 17.7 Å². The number of carbonyl (C=O) groups is 6. The number of hydrogen-bond acceptors (Lipinski definition) is 10. The van der Waals surface area contributed by atoms with Crippen LogP contribution in [0.1, 0.15) is 65.7 Å². The first-order valence-corrected chi connectivity index (χ1v) is 15.2. The Morgan fingerprint density at radius 3 is 2.13 bits per heavy atom. The van der Waals surface area contributed by atoms with Crippen LogP contribution >= 0.6 is 23.5 Å². The normalized spacial score (nSPS) is 17.1. The van der Waals surface area contributed by atoms with Gasteiger partial charge in [-0.2, -0.15) is 0 Å². The van der Waals surface area contributed by atoms with Crippen LogP contribution in [0.3, 0.4) is 0 Å². The second-order valence-electron chi connectivity index (χ2n) is 9.27. The van der Waals surface area contributed by atoms with Crippen molar-refractivity contribution in [2.24, 2.45) is 0 Å². The van der Waals surface area contributed by atoms with E-state index in [2.05, 4.69) is 21.3 Å². The smallest absolute Gasteiger partial charge is 0.325 e. The lowest BCUT2D eigenvalue weighted by atomic mass is 10.1. The molecule has 0 aromatic heterocycles. The van der Waals surface area contributed by atoms with Crippen LogP contribution in [0.25, 0.3) is 0 Å². The van der Waals surface area contributed by atoms with E-state index in [4.69, 9.17) is 9.84 Å². The molecule has 0 saturated carbocycles. The van der Waals surface area contributed by atoms with Crippen molar-refractivity contribution in [1.29, 1.82) is 0 Å². The molecule has 0 aromatic rings. The van der Waals surface area contributed by atoms with Crippen molar-refractivity contribution in [3.05, 3.63) is 0 Å². The number of nitrogens with one attached hydrogen (secondary N) is 4. The van der Waals surface area contributed by atoms with E-state index in [1.807, 2.05) is 0 Å². The number of hydrogen-bond donors (Lipinski definition) is 5. The lowest BCUT2D eigenvalue weighted by Gasteiger charge is -2.25. The first kappa shape index (κ1) is 34.9. The van der Waals surface area contributed by atoms with Gasteiger partial charge in [-0.05, 0) is 45.6 Å². The summed E-state index contributed by atoms with van der Waals surface area (Å²) < 4.78 is 5.49. The van der Waals surface area contributed by atoms with Crippen molar-refractivity contribution in [1.82, 2.24) is 21.3 Å². The molecular weight excluding hydrogens is 548 g/mol. The van der Waals surface area contributed by atoms with Gasteiger partial charge in [0.25, 0.3) is 0 Å². The number of carboxylic acid groups (broad SMARTS) is 1. The van der Waals surface area contributed by atoms with Gasteiger partial charge in [-0.15, -0.1) is 0 Å². The highest BCUT2D eigenvalue weighted by molar-refractivity contribution is 8.13. The first-order valence-electron chi connectivity index (χ1n) is 13.2. The lowest BCUT2D eigenvalue weighted by molar-refractivity contribution is -0.142. The third-order valence-corrected chi connectivity index (χ3v) is 7.57. The van der Waals surface area contributed by atoms with Crippen molar-refractivity contribution in [3.63, 3.8) is 0 Å². The molecule has 1 aliphatic rings. The fourth-order valence-electron chi connectivity index (χ4n) is 3.76. The van der Waals surface area contributed by atoms with E-state index in [-0.39, 0.29) is 41.8 Å². The molecule has 1 heterocycles. The van der Waals surface area contributed by atoms with Crippen molar-refractivity contribution in [2.75, 3.05) is 31.3 Å². The summed E-state index contributed by atoms with van der Waals surface area (Å²) in [6.45, 7) is 5.36. The molecule has 0 unspecified atom stereocenters. The second-order valence-corrected chi connectivity index (χ2v) is 11.8. The van der Waals surface area contributed by atoms with Crippen LogP contribution in [-0.4, -0.2) is 94.5 Å². The predicted octanol–water partition coefficient (Wildman–Crippen LogP) is 0.824. The Balaban J connectivity index is 2.82. The molecule has 39 heavy (non-hydrogen) atoms. The van der Waals surface area contributed by atoms with Gasteiger partial charge in [-0.25, -0.2) is 0 Å². The number of aliphatic carboxylic acids is 1. The Labute approximate surface area is 238 Å². The number of ether oxygens (including phenoxy) is 1. The SMILES string of the molecule is CC(=O)SCCCCC[C@H](NC(=O)[C@@H]1CCCN1)C(=O)N[C@@H](CCOCCSC(C)=O)C(=O)N[C@@H](C)C(=O)O. The summed E-state index contributed by atoms with van der Waals surface area (Å²) in [7, 11) is 0. The Morgan fingerprint density at radius 1 is 0.872 bits per heavy atom. The van der Waals surface area contributed by atoms with Gasteiger partial charge >= 0.3 is 5.97 Å². The summed E-state index contributed by atoms with van der Waals surface area (Å²) in [5, 5.41) is 20.1. The number of rotatable bonds is 19. The van der Waals surface area contributed by atoms with Crippen molar-refractivity contribution in [2.45, 2.75) is 89.9 Å². The van der Waals surface area contributed by atoms with Crippen molar-refractivity contribution in [3.8, 4) is 0 Å². The third kappa shape index (κ3) is 15.9. The topological polar surface area (TPSA) is 180 Å². The van der Waals surface area contributed by atoms with Crippen LogP contribution in [0.4, 0.5) is 0 Å². The molecule has 1 rings (SSSR count). The molecule has 0 aliphatic carbocycles. The third-order valence-electron chi connectivity index (χ3n) is 5.90. The molecule has 3 amide bonds. The highest BCUT2D eigenvalue weighted by Gasteiger charge is 2.30. The van der Waals surface area contributed by atoms with Gasteiger partial charge in [0.1, 0.15) is 18.1 Å². The van der Waals surface area contributed by atoms with Crippen molar-refractivity contribution < 1.29 is 38.6 Å². The van der Waals surface area contributed by atoms with E-state index in [0.29, 0.717) is 30.8 Å². The zero-order chi connectivity index (χ0) is 29.2. The van der Waals surface area contributed by atoms with Gasteiger partial charge in [-0.1, -0.05) is 36.4 Å². The Hall–Kier alpha value is -2.16. The van der Waals surface area contributed by atoms with Crippen LogP contribution in [0.2, 0.25) is 0 Å². The first-order chi connectivity index (χ1) is 18.5. The number of unbranched alkanes of at least 4 members (excludes halogenated alkanes) is 2. The number of carbonyl (C=O) groups excluding carboxylic acids is 5. The molecule has 4 atom stereocenters. The average molecular weight is 591 g/mol. The van der Waals surface area contributed by atoms with E-state index >= 15 is 0 Å². The maximum Gasteiger partial charge on any atom is 0.325 e. The monoisotopic (exact) mass is 590 g/mol. The summed E-state index contributed by atoms with van der Waals surface area (Å²) in [5.41, 5.74) is 0. The molecule has 0 radical (unpaired) electrons. The standard InChI is InChI=1S/C25H42N4O8S2/c1-16(25(35)36)27-23(33)21(10-12-37-13-15-39-18(3)31)29-24(34)20(8-5-4-6-14-38-17(2)30)28-22(32)19-9-7-11-26-19/h16,19-21,26H,4-15H2,1-3H3,(H,27,33)(H,28,32)(H,29,34)(H,35,36)/t16-,19-,20-,21-/m0/s1. The summed E-state index contributed by atoms with van der Waals surface area (Å²) in [5.74, 6) is -1.60. The zero-order valence-electron chi connectivity index (χ0n) is 22.9. The largest absolute Gasteiger partial charge is 0.480 e. The van der Waals surface area contributed by atoms with Crippen LogP contribution in [0.15, 0.2) is 0 Å². The molecule has 1 aliphatic heterocycles. The van der Waals surface area contributed by atoms with Crippen LogP contribution in [0, 0.1) is 0 Å². The van der Waals surface area contributed by atoms with Gasteiger partial charge in [0.05, 0.1) is 12.6 Å². The van der Waals surface area contributed by atoms with Crippen molar-refractivity contribution >= 4 is 57.4 Å². The molecule has 5 N–H and O–H groups in total. The summed E-state index contributed by atoms with van der Waals surface area (Å²) in [6.07, 6.45) is 4.10. The summed E-state index contributed by atoms with van der Waals surface area (Å²) in [6, 6.07) is -3.53. The van der Waals surface area contributed by atoms with Gasteiger partial charge in [0, 0.05) is 32.0 Å². The molecule has 0 aromatic carbocycles. The molecule has 14 heteroatoms. The van der Waals surface area contributed by atoms with Crippen LogP contribution in [0.5, 0.6) is 0 Å². The van der Waals surface area contributed by atoms with Gasteiger partial charge < -0.3 is 31.1 Å². The molecule has 0 bridgehead atoms. The average Bonchev–Trinajstić information content (AvgIpc) is 3.41. The lowest BCUT2D eigenvalue weighted by Crippen LogP contribution is -2.57. The van der Waals surface area contributed by atoms with E-state index in [9.17, 15) is 28.8 Å². The zero-order valence-corrected chi connectivity index (χ0v) is 24.5. The molecule has 0 spiro atoms. The van der Waals surface area contributed by atoms with E-state index in [0.717, 1.165) is 37.6 Å². The minimum Gasteiger partial charge on any atom is -0.480 e. The highest BCUT2D eigenvalue weighted by Crippen LogP contribution is 2.12. The highest BCUT2D eigenvalue weighted by atomic mass is 32.2. The minimum absolute atomic E-state index is 0.0377. The molecule has 12 nitrogen and oxygen atoms in total. The van der Waals surface area contributed by atoms with E-state index in [1.165, 1.54) is 32.5 Å². The quantitative estimate of drug-likeness (QED) is 0.134. The van der Waals surface area contributed by atoms with Crippen LogP contribution in [-0.2, 0) is 33.5 Å². The Bertz CT molecular complexity index is 839. The Morgan fingerprint density at radius 2 is 1.51 bits per heavy atom. The fraction of sp³-hybridized carbons (Fsp3) is 0.760. The molecule has 1 fully saturated rings. The Kier molecular flexibility index (Phi) is 17.7. The van der Waals surface area contributed by atoms with Gasteiger partial charge in [0.15, 0.2) is 10.2 Å². The van der Waals surface area contributed by atoms with E-state index in [1.54, 1.807) is 0 Å².